The van der Waals surface area contributed by atoms with Crippen LogP contribution in [0.5, 0.6) is 0 Å². The van der Waals surface area contributed by atoms with Crippen molar-refractivity contribution in [1.82, 2.24) is 4.90 Å². The topological polar surface area (TPSA) is 80.5 Å². The number of carbonyl (C=O) groups is 3. The maximum Gasteiger partial charge on any atom is 0.234 e. The molecule has 1 saturated heterocycles. The highest BCUT2D eigenvalue weighted by Crippen LogP contribution is 2.54. The van der Waals surface area contributed by atoms with Crippen LogP contribution in [-0.2, 0) is 14.4 Å². The molecule has 1 aliphatic heterocycles. The number of primary amides is 1. The number of halogens is 1. The zero-order chi connectivity index (χ0) is 17.0. The molecule has 0 aromatic heterocycles. The second kappa shape index (κ2) is 5.45. The van der Waals surface area contributed by atoms with Crippen LogP contribution in [0.15, 0.2) is 36.4 Å². The van der Waals surface area contributed by atoms with Gasteiger partial charge < -0.3 is 5.73 Å². The van der Waals surface area contributed by atoms with E-state index < -0.39 is 11.9 Å². The summed E-state index contributed by atoms with van der Waals surface area (Å²) in [7, 11) is 0. The Balaban J connectivity index is 1.71. The quantitative estimate of drug-likeness (QED) is 0.670. The first-order valence-electron chi connectivity index (χ1n) is 8.06. The average molecular weight is 345 g/mol. The third-order valence-corrected chi connectivity index (χ3v) is 5.72. The molecule has 0 spiro atoms. The largest absolute Gasteiger partial charge is 0.370 e. The normalized spacial score (nSPS) is 31.6. The smallest absolute Gasteiger partial charge is 0.234 e. The number of allylic oxidation sites excluding steroid dienone is 2. The van der Waals surface area contributed by atoms with Crippen molar-refractivity contribution >= 4 is 29.3 Å². The van der Waals surface area contributed by atoms with Crippen molar-refractivity contribution in [1.29, 1.82) is 0 Å². The summed E-state index contributed by atoms with van der Waals surface area (Å²) >= 11 is 5.92. The van der Waals surface area contributed by atoms with E-state index in [1.54, 1.807) is 24.3 Å². The monoisotopic (exact) mass is 344 g/mol. The zero-order valence-electron chi connectivity index (χ0n) is 12.9. The Morgan fingerprint density at radius 3 is 2.17 bits per heavy atom. The molecule has 0 radical (unpaired) electrons. The first-order chi connectivity index (χ1) is 11.5. The number of hydrogen-bond donors (Lipinski definition) is 1. The van der Waals surface area contributed by atoms with E-state index in [2.05, 4.69) is 0 Å². The number of fused-ring (bicyclic) bond motifs is 5. The Hall–Kier alpha value is -2.14. The lowest BCUT2D eigenvalue weighted by Crippen LogP contribution is -2.38. The minimum absolute atomic E-state index is 0.0820. The van der Waals surface area contributed by atoms with E-state index in [-0.39, 0.29) is 41.9 Å². The molecule has 124 valence electrons. The lowest BCUT2D eigenvalue weighted by atomic mass is 9.85. The van der Waals surface area contributed by atoms with Gasteiger partial charge in [0.05, 0.1) is 24.3 Å². The van der Waals surface area contributed by atoms with Crippen molar-refractivity contribution in [3.63, 3.8) is 0 Å². The van der Waals surface area contributed by atoms with Gasteiger partial charge in [-0.05, 0) is 36.0 Å². The van der Waals surface area contributed by atoms with Gasteiger partial charge in [-0.25, -0.2) is 0 Å². The molecule has 1 saturated carbocycles. The third-order valence-electron chi connectivity index (χ3n) is 5.47. The number of nitrogens with two attached hydrogens (primary N) is 1. The lowest BCUT2D eigenvalue weighted by Gasteiger charge is -2.27. The number of nitrogens with zero attached hydrogens (tertiary/aromatic N) is 1. The van der Waals surface area contributed by atoms with Crippen molar-refractivity contribution in [2.45, 2.75) is 18.9 Å². The van der Waals surface area contributed by atoms with Gasteiger partial charge in [-0.2, -0.15) is 0 Å². The number of carbonyl (C=O) groups excluding carboxylic acids is 3. The average Bonchev–Trinajstić information content (AvgIpc) is 3.20. The van der Waals surface area contributed by atoms with Gasteiger partial charge in [0.15, 0.2) is 0 Å². The van der Waals surface area contributed by atoms with Crippen molar-refractivity contribution in [3.8, 4) is 0 Å². The van der Waals surface area contributed by atoms with Crippen molar-refractivity contribution in [2.24, 2.45) is 29.4 Å². The predicted octanol–water partition coefficient (Wildman–Crippen LogP) is 2.06. The zero-order valence-corrected chi connectivity index (χ0v) is 13.6. The van der Waals surface area contributed by atoms with Crippen LogP contribution < -0.4 is 5.73 Å². The summed E-state index contributed by atoms with van der Waals surface area (Å²) in [5.41, 5.74) is 6.07. The molecule has 6 heteroatoms. The third kappa shape index (κ3) is 2.18. The molecule has 3 amide bonds. The molecule has 2 bridgehead atoms. The Kier molecular flexibility index (Phi) is 3.49. The number of benzene rings is 1. The fraction of sp³-hybridized carbons (Fsp3) is 0.389. The molecule has 3 aliphatic rings. The molecule has 1 aromatic carbocycles. The van der Waals surface area contributed by atoms with E-state index in [1.165, 1.54) is 4.90 Å². The second-order valence-corrected chi connectivity index (χ2v) is 7.22. The predicted molar refractivity (Wildman–Crippen MR) is 87.6 cm³/mol. The lowest BCUT2D eigenvalue weighted by molar-refractivity contribution is -0.144. The van der Waals surface area contributed by atoms with Crippen LogP contribution in [0.3, 0.4) is 0 Å². The first kappa shape index (κ1) is 15.4. The van der Waals surface area contributed by atoms with Crippen molar-refractivity contribution < 1.29 is 14.4 Å². The second-order valence-electron chi connectivity index (χ2n) is 6.78. The molecule has 24 heavy (non-hydrogen) atoms. The number of hydrogen-bond acceptors (Lipinski definition) is 3. The van der Waals surface area contributed by atoms with Crippen LogP contribution in [0, 0.1) is 23.7 Å². The molecule has 4 rings (SSSR count). The summed E-state index contributed by atoms with van der Waals surface area (Å²) in [6.45, 7) is 0. The summed E-state index contributed by atoms with van der Waals surface area (Å²) in [6, 6.07) is 6.17. The van der Waals surface area contributed by atoms with Gasteiger partial charge >= 0.3 is 0 Å². The van der Waals surface area contributed by atoms with Gasteiger partial charge in [-0.3, -0.25) is 19.3 Å². The fourth-order valence-electron chi connectivity index (χ4n) is 4.47. The highest BCUT2D eigenvalue weighted by Gasteiger charge is 2.60. The molecule has 1 aromatic rings. The highest BCUT2D eigenvalue weighted by atomic mass is 35.5. The van der Waals surface area contributed by atoms with Gasteiger partial charge in [0, 0.05) is 5.02 Å². The van der Waals surface area contributed by atoms with E-state index >= 15 is 0 Å². The fourth-order valence-corrected chi connectivity index (χ4v) is 4.59. The molecule has 2 fully saturated rings. The van der Waals surface area contributed by atoms with Crippen LogP contribution >= 0.6 is 11.6 Å². The van der Waals surface area contributed by atoms with Crippen LogP contribution in [0.1, 0.15) is 24.4 Å². The van der Waals surface area contributed by atoms with Gasteiger partial charge in [0.25, 0.3) is 0 Å². The molecule has 5 atom stereocenters. The molecule has 2 N–H and O–H groups in total. The van der Waals surface area contributed by atoms with E-state index in [4.69, 9.17) is 17.3 Å². The van der Waals surface area contributed by atoms with Crippen LogP contribution in [0.25, 0.3) is 0 Å². The summed E-state index contributed by atoms with van der Waals surface area (Å²) in [4.78, 5) is 38.7. The SMILES string of the molecule is NC(=O)CC(c1ccc(Cl)cc1)N1C(=O)C2C3C=CC(C3)C2C1=O. The number of likely N-dealkylation sites (tertiary alicyclic amines) is 1. The Bertz CT molecular complexity index is 728. The van der Waals surface area contributed by atoms with E-state index in [1.807, 2.05) is 12.2 Å². The van der Waals surface area contributed by atoms with Gasteiger partial charge in [-0.15, -0.1) is 0 Å². The summed E-state index contributed by atoms with van der Waals surface area (Å²) in [6.07, 6.45) is 4.89. The maximum absolute atomic E-state index is 12.9. The summed E-state index contributed by atoms with van der Waals surface area (Å²) < 4.78 is 0. The van der Waals surface area contributed by atoms with Crippen LogP contribution in [0.2, 0.25) is 5.02 Å². The summed E-state index contributed by atoms with van der Waals surface area (Å²) in [5, 5.41) is 0.551. The number of rotatable bonds is 4. The van der Waals surface area contributed by atoms with Gasteiger partial charge in [0.1, 0.15) is 0 Å². The molecule has 1 heterocycles. The molecular weight excluding hydrogens is 328 g/mol. The molecule has 2 aliphatic carbocycles. The number of amides is 3. The standard InChI is InChI=1S/C18H17ClN2O3/c19-12-5-3-9(4-6-12)13(8-14(20)22)21-17(23)15-10-1-2-11(7-10)16(15)18(21)24/h1-6,10-11,13,15-16H,7-8H2,(H2,20,22). The van der Waals surface area contributed by atoms with Crippen LogP contribution in [-0.4, -0.2) is 22.6 Å². The Labute approximate surface area is 144 Å². The molecule has 5 nitrogen and oxygen atoms in total. The summed E-state index contributed by atoms with van der Waals surface area (Å²) in [5.74, 6) is -1.19. The number of imide groups is 1. The van der Waals surface area contributed by atoms with Crippen LogP contribution in [0.4, 0.5) is 0 Å². The van der Waals surface area contributed by atoms with E-state index in [9.17, 15) is 14.4 Å². The Morgan fingerprint density at radius 1 is 1.12 bits per heavy atom. The minimum atomic E-state index is -0.662. The maximum atomic E-state index is 12.9. The van der Waals surface area contributed by atoms with Crippen molar-refractivity contribution in [2.75, 3.05) is 0 Å². The Morgan fingerprint density at radius 2 is 1.67 bits per heavy atom. The molecule has 5 unspecified atom stereocenters. The minimum Gasteiger partial charge on any atom is -0.370 e. The van der Waals surface area contributed by atoms with E-state index in [0.29, 0.717) is 10.6 Å². The van der Waals surface area contributed by atoms with E-state index in [0.717, 1.165) is 6.42 Å². The van der Waals surface area contributed by atoms with Crippen molar-refractivity contribution in [3.05, 3.63) is 47.0 Å². The molecular formula is C18H17ClN2O3. The van der Waals surface area contributed by atoms with Gasteiger partial charge in [-0.1, -0.05) is 35.9 Å². The highest BCUT2D eigenvalue weighted by molar-refractivity contribution is 6.30. The first-order valence-corrected chi connectivity index (χ1v) is 8.44. The van der Waals surface area contributed by atoms with Gasteiger partial charge in [0.2, 0.25) is 17.7 Å².